The Morgan fingerprint density at radius 2 is 2.16 bits per heavy atom. The van der Waals surface area contributed by atoms with Gasteiger partial charge in [-0.15, -0.1) is 0 Å². The summed E-state index contributed by atoms with van der Waals surface area (Å²) in [5, 5.41) is 0. The minimum atomic E-state index is -0.337. The molecule has 1 heterocycles. The zero-order valence-corrected chi connectivity index (χ0v) is 10.8. The highest BCUT2D eigenvalue weighted by molar-refractivity contribution is 5.69. The van der Waals surface area contributed by atoms with Gasteiger partial charge in [0.15, 0.2) is 0 Å². The molecule has 0 radical (unpaired) electrons. The van der Waals surface area contributed by atoms with E-state index in [0.29, 0.717) is 12.2 Å². The van der Waals surface area contributed by atoms with E-state index >= 15 is 0 Å². The van der Waals surface area contributed by atoms with Gasteiger partial charge in [-0.05, 0) is 18.4 Å². The van der Waals surface area contributed by atoms with Gasteiger partial charge in [0.2, 0.25) is 0 Å². The second kappa shape index (κ2) is 6.13. The van der Waals surface area contributed by atoms with Crippen molar-refractivity contribution >= 4 is 6.09 Å². The van der Waals surface area contributed by atoms with E-state index < -0.39 is 0 Å². The van der Waals surface area contributed by atoms with Crippen LogP contribution in [0.4, 0.5) is 4.79 Å². The summed E-state index contributed by atoms with van der Waals surface area (Å²) in [7, 11) is 0. The zero-order valence-electron chi connectivity index (χ0n) is 10.8. The van der Waals surface area contributed by atoms with Crippen molar-refractivity contribution in [3.05, 3.63) is 47.8 Å². The number of nitrogens with zero attached hydrogens (tertiary/aromatic N) is 1. The number of hydrogen-bond acceptors (Lipinski definition) is 4. The van der Waals surface area contributed by atoms with E-state index in [1.165, 1.54) is 6.20 Å². The first-order valence-corrected chi connectivity index (χ1v) is 6.37. The van der Waals surface area contributed by atoms with Gasteiger partial charge in [-0.2, -0.15) is 0 Å². The largest absolute Gasteiger partial charge is 0.445 e. The molecule has 1 aliphatic heterocycles. The number of benzene rings is 1. The molecule has 0 aliphatic carbocycles. The maximum absolute atomic E-state index is 12.0. The Balaban J connectivity index is 1.92. The standard InChI is InChI=1S/C14H19N3O2/c15-9-12(16)13-7-4-8-17(13)14(18)19-10-11-5-2-1-3-6-11/h1-3,5-6,9,13H,4,7-8,10,15-16H2/b12-9-/t13-/m0/s1. The third-order valence-corrected chi connectivity index (χ3v) is 3.27. The first kappa shape index (κ1) is 13.3. The monoisotopic (exact) mass is 261 g/mol. The Hall–Kier alpha value is -2.17. The van der Waals surface area contributed by atoms with Gasteiger partial charge in [-0.25, -0.2) is 4.79 Å². The molecule has 0 unspecified atom stereocenters. The Bertz CT molecular complexity index is 459. The molecular weight excluding hydrogens is 242 g/mol. The molecule has 1 aromatic rings. The fourth-order valence-electron chi connectivity index (χ4n) is 2.25. The molecule has 4 N–H and O–H groups in total. The molecule has 102 valence electrons. The summed E-state index contributed by atoms with van der Waals surface area (Å²) >= 11 is 0. The molecule has 0 aromatic heterocycles. The average molecular weight is 261 g/mol. The number of likely N-dealkylation sites (tertiary alicyclic amines) is 1. The van der Waals surface area contributed by atoms with Crippen LogP contribution in [0.25, 0.3) is 0 Å². The molecule has 2 rings (SSSR count). The summed E-state index contributed by atoms with van der Waals surface area (Å²) in [5.41, 5.74) is 12.7. The molecule has 1 atom stereocenters. The van der Waals surface area contributed by atoms with Gasteiger partial charge in [0.05, 0.1) is 6.04 Å². The van der Waals surface area contributed by atoms with Gasteiger partial charge >= 0.3 is 6.09 Å². The summed E-state index contributed by atoms with van der Waals surface area (Å²) in [5.74, 6) is 0. The Morgan fingerprint density at radius 3 is 2.84 bits per heavy atom. The highest BCUT2D eigenvalue weighted by Crippen LogP contribution is 2.22. The summed E-state index contributed by atoms with van der Waals surface area (Å²) in [6.45, 7) is 0.933. The van der Waals surface area contributed by atoms with Crippen molar-refractivity contribution in [2.24, 2.45) is 11.5 Å². The lowest BCUT2D eigenvalue weighted by Gasteiger charge is -2.24. The number of carbonyl (C=O) groups is 1. The van der Waals surface area contributed by atoms with Crippen molar-refractivity contribution in [3.8, 4) is 0 Å². The van der Waals surface area contributed by atoms with E-state index in [0.717, 1.165) is 18.4 Å². The maximum Gasteiger partial charge on any atom is 0.410 e. The first-order valence-electron chi connectivity index (χ1n) is 6.37. The van der Waals surface area contributed by atoms with Crippen molar-refractivity contribution in [1.82, 2.24) is 4.90 Å². The lowest BCUT2D eigenvalue weighted by atomic mass is 10.2. The lowest BCUT2D eigenvalue weighted by molar-refractivity contribution is 0.0960. The topological polar surface area (TPSA) is 81.6 Å². The van der Waals surface area contributed by atoms with E-state index in [1.54, 1.807) is 4.90 Å². The van der Waals surface area contributed by atoms with Gasteiger partial charge in [0, 0.05) is 18.4 Å². The van der Waals surface area contributed by atoms with Gasteiger partial charge < -0.3 is 16.2 Å². The van der Waals surface area contributed by atoms with Crippen LogP contribution < -0.4 is 11.5 Å². The Morgan fingerprint density at radius 1 is 1.42 bits per heavy atom. The maximum atomic E-state index is 12.0. The predicted molar refractivity (Wildman–Crippen MR) is 72.8 cm³/mol. The lowest BCUT2D eigenvalue weighted by Crippen LogP contribution is -2.39. The van der Waals surface area contributed by atoms with E-state index in [1.807, 2.05) is 30.3 Å². The highest BCUT2D eigenvalue weighted by Gasteiger charge is 2.31. The van der Waals surface area contributed by atoms with Crippen molar-refractivity contribution in [2.75, 3.05) is 6.54 Å². The van der Waals surface area contributed by atoms with Crippen molar-refractivity contribution < 1.29 is 9.53 Å². The van der Waals surface area contributed by atoms with Crippen molar-refractivity contribution in [1.29, 1.82) is 0 Å². The molecule has 1 aromatic carbocycles. The fourth-order valence-corrected chi connectivity index (χ4v) is 2.25. The van der Waals surface area contributed by atoms with Crippen molar-refractivity contribution in [3.63, 3.8) is 0 Å². The van der Waals surface area contributed by atoms with Crippen LogP contribution in [0.1, 0.15) is 18.4 Å². The summed E-state index contributed by atoms with van der Waals surface area (Å²) < 4.78 is 5.30. The fraction of sp³-hybridized carbons (Fsp3) is 0.357. The number of rotatable bonds is 3. The third-order valence-electron chi connectivity index (χ3n) is 3.27. The normalized spacial score (nSPS) is 19.5. The van der Waals surface area contributed by atoms with Crippen LogP contribution in [0.3, 0.4) is 0 Å². The number of amides is 1. The van der Waals surface area contributed by atoms with Gasteiger partial charge in [0.1, 0.15) is 6.61 Å². The Kier molecular flexibility index (Phi) is 4.28. The molecule has 19 heavy (non-hydrogen) atoms. The zero-order chi connectivity index (χ0) is 13.7. The van der Waals surface area contributed by atoms with Crippen LogP contribution >= 0.6 is 0 Å². The average Bonchev–Trinajstić information content (AvgIpc) is 2.94. The number of hydrogen-bond donors (Lipinski definition) is 2. The minimum absolute atomic E-state index is 0.131. The second-order valence-electron chi connectivity index (χ2n) is 4.56. The summed E-state index contributed by atoms with van der Waals surface area (Å²) in [6.07, 6.45) is 2.77. The molecular formula is C14H19N3O2. The number of nitrogens with two attached hydrogens (primary N) is 2. The van der Waals surface area contributed by atoms with E-state index in [2.05, 4.69) is 0 Å². The molecule has 1 fully saturated rings. The molecule has 0 bridgehead atoms. The molecule has 1 aliphatic rings. The summed E-state index contributed by atoms with van der Waals surface area (Å²) in [6, 6.07) is 9.46. The summed E-state index contributed by atoms with van der Waals surface area (Å²) in [4.78, 5) is 13.7. The predicted octanol–water partition coefficient (Wildman–Crippen LogP) is 1.55. The van der Waals surface area contributed by atoms with Gasteiger partial charge in [-0.1, -0.05) is 30.3 Å². The van der Waals surface area contributed by atoms with Crippen LogP contribution in [0, 0.1) is 0 Å². The molecule has 1 amide bonds. The third kappa shape index (κ3) is 3.19. The smallest absolute Gasteiger partial charge is 0.410 e. The van der Waals surface area contributed by atoms with Crippen LogP contribution in [0.15, 0.2) is 42.2 Å². The quantitative estimate of drug-likeness (QED) is 0.864. The second-order valence-corrected chi connectivity index (χ2v) is 4.56. The Labute approximate surface area is 112 Å². The molecule has 0 spiro atoms. The minimum Gasteiger partial charge on any atom is -0.445 e. The molecule has 5 nitrogen and oxygen atoms in total. The van der Waals surface area contributed by atoms with Crippen LogP contribution in [-0.2, 0) is 11.3 Å². The number of ether oxygens (including phenoxy) is 1. The SMILES string of the molecule is N/C=C(\N)[C@@H]1CCCN1C(=O)OCc1ccccc1. The first-order chi connectivity index (χ1) is 9.22. The van der Waals surface area contributed by atoms with E-state index in [-0.39, 0.29) is 18.7 Å². The molecule has 0 saturated carbocycles. The highest BCUT2D eigenvalue weighted by atomic mass is 16.6. The molecule has 5 heteroatoms. The van der Waals surface area contributed by atoms with Crippen LogP contribution in [0.5, 0.6) is 0 Å². The van der Waals surface area contributed by atoms with Crippen molar-refractivity contribution in [2.45, 2.75) is 25.5 Å². The van der Waals surface area contributed by atoms with Gasteiger partial charge in [-0.3, -0.25) is 4.90 Å². The van der Waals surface area contributed by atoms with E-state index in [4.69, 9.17) is 16.2 Å². The van der Waals surface area contributed by atoms with E-state index in [9.17, 15) is 4.79 Å². The van der Waals surface area contributed by atoms with Gasteiger partial charge in [0.25, 0.3) is 0 Å². The number of carbonyl (C=O) groups excluding carboxylic acids is 1. The van der Waals surface area contributed by atoms with Crippen LogP contribution in [0.2, 0.25) is 0 Å². The molecule has 1 saturated heterocycles. The van der Waals surface area contributed by atoms with Crippen LogP contribution in [-0.4, -0.2) is 23.6 Å².